The average Bonchev–Trinajstić information content (AvgIpc) is 2.89. The maximum absolute atomic E-state index is 13.4. The Hall–Kier alpha value is -3.59. The molecule has 0 unspecified atom stereocenters. The fourth-order valence-electron chi connectivity index (χ4n) is 3.71. The molecule has 0 spiro atoms. The molecule has 0 bridgehead atoms. The van der Waals surface area contributed by atoms with Gasteiger partial charge in [-0.1, -0.05) is 29.8 Å². The van der Waals surface area contributed by atoms with Crippen molar-refractivity contribution in [3.8, 4) is 17.0 Å². The Morgan fingerprint density at radius 3 is 2.67 bits per heavy atom. The molecule has 2 amide bonds. The van der Waals surface area contributed by atoms with Crippen molar-refractivity contribution in [2.24, 2.45) is 0 Å². The molecule has 1 N–H and O–H groups in total. The van der Waals surface area contributed by atoms with Gasteiger partial charge in [-0.05, 0) is 25.1 Å². The van der Waals surface area contributed by atoms with Crippen molar-refractivity contribution in [3.63, 3.8) is 0 Å². The number of alkyl halides is 2. The van der Waals surface area contributed by atoms with E-state index in [1.807, 2.05) is 0 Å². The number of hydrogen-bond donors (Lipinski definition) is 1. The molecule has 1 aliphatic heterocycles. The van der Waals surface area contributed by atoms with Gasteiger partial charge in [-0.3, -0.25) is 14.6 Å². The lowest BCUT2D eigenvalue weighted by Crippen LogP contribution is -2.40. The summed E-state index contributed by atoms with van der Waals surface area (Å²) in [6, 6.07) is 10.3. The lowest BCUT2D eigenvalue weighted by atomic mass is 9.98. The van der Waals surface area contributed by atoms with Crippen molar-refractivity contribution in [1.29, 1.82) is 0 Å². The van der Waals surface area contributed by atoms with Crippen LogP contribution in [0.15, 0.2) is 48.7 Å². The Labute approximate surface area is 193 Å². The number of hydrogen-bond acceptors (Lipinski definition) is 5. The number of nitrogens with zero attached hydrogens (tertiary/aromatic N) is 3. The van der Waals surface area contributed by atoms with Gasteiger partial charge in [0.1, 0.15) is 11.7 Å². The first kappa shape index (κ1) is 22.6. The summed E-state index contributed by atoms with van der Waals surface area (Å²) in [7, 11) is 1.42. The van der Waals surface area contributed by atoms with Gasteiger partial charge in [0, 0.05) is 34.6 Å². The number of ether oxygens (including phenoxy) is 1. The normalized spacial score (nSPS) is 15.0. The molecule has 0 aliphatic carbocycles. The number of nitrogens with one attached hydrogen (secondary N) is 1. The van der Waals surface area contributed by atoms with E-state index in [0.717, 1.165) is 0 Å². The van der Waals surface area contributed by atoms with Crippen molar-refractivity contribution in [1.82, 2.24) is 9.97 Å². The van der Waals surface area contributed by atoms with Crippen LogP contribution in [0.3, 0.4) is 0 Å². The van der Waals surface area contributed by atoms with E-state index in [4.69, 9.17) is 16.3 Å². The van der Waals surface area contributed by atoms with E-state index in [0.29, 0.717) is 28.2 Å². The van der Waals surface area contributed by atoms with E-state index >= 15 is 0 Å². The number of methoxy groups -OCH3 is 1. The number of pyridine rings is 2. The second-order valence-electron chi connectivity index (χ2n) is 7.40. The van der Waals surface area contributed by atoms with Crippen molar-refractivity contribution >= 4 is 34.8 Å². The monoisotopic (exact) mass is 472 g/mol. The van der Waals surface area contributed by atoms with Crippen LogP contribution in [-0.2, 0) is 9.59 Å². The number of halogens is 3. The van der Waals surface area contributed by atoms with Crippen LogP contribution in [0.4, 0.5) is 20.2 Å². The van der Waals surface area contributed by atoms with Crippen molar-refractivity contribution in [3.05, 3.63) is 65.1 Å². The second kappa shape index (κ2) is 9.11. The van der Waals surface area contributed by atoms with E-state index in [-0.39, 0.29) is 29.0 Å². The molecule has 1 aliphatic rings. The smallest absolute Gasteiger partial charge is 0.263 e. The highest BCUT2D eigenvalue weighted by Crippen LogP contribution is 2.44. The third-order valence-corrected chi connectivity index (χ3v) is 5.61. The standard InChI is InChI=1S/C23H19ClF2N4O3/c1-12-20-15(4-3-9-27-20)19-16(10-18(33-2)29-21(19)24)30(23(12)32)11-17(31)28-14-7-5-13(6-8-14)22(25)26/h3-10,12,22H,11H2,1-2H3,(H,28,31)/t12-/m1/s1. The Balaban J connectivity index is 1.71. The first-order valence-electron chi connectivity index (χ1n) is 9.99. The van der Waals surface area contributed by atoms with Crippen LogP contribution in [-0.4, -0.2) is 35.4 Å². The average molecular weight is 473 g/mol. The lowest BCUT2D eigenvalue weighted by molar-refractivity contribution is -0.122. The van der Waals surface area contributed by atoms with Crippen LogP contribution >= 0.6 is 11.6 Å². The molecule has 33 heavy (non-hydrogen) atoms. The number of benzene rings is 1. The summed E-state index contributed by atoms with van der Waals surface area (Å²) >= 11 is 6.48. The molecule has 4 rings (SSSR count). The van der Waals surface area contributed by atoms with Crippen molar-refractivity contribution in [2.45, 2.75) is 19.3 Å². The minimum atomic E-state index is -2.61. The molecule has 0 fully saturated rings. The summed E-state index contributed by atoms with van der Waals surface area (Å²) in [6.07, 6.45) is -1.02. The van der Waals surface area contributed by atoms with Gasteiger partial charge in [0.2, 0.25) is 17.7 Å². The third-order valence-electron chi connectivity index (χ3n) is 5.33. The fraction of sp³-hybridized carbons (Fsp3) is 0.217. The minimum Gasteiger partial charge on any atom is -0.481 e. The second-order valence-corrected chi connectivity index (χ2v) is 7.76. The van der Waals surface area contributed by atoms with Crippen LogP contribution in [0.2, 0.25) is 5.15 Å². The van der Waals surface area contributed by atoms with Crippen LogP contribution in [0.1, 0.15) is 30.5 Å². The number of fused-ring (bicyclic) bond motifs is 3. The van der Waals surface area contributed by atoms with E-state index in [1.54, 1.807) is 31.3 Å². The number of amides is 2. The van der Waals surface area contributed by atoms with Crippen LogP contribution in [0.5, 0.6) is 5.88 Å². The predicted octanol–water partition coefficient (Wildman–Crippen LogP) is 4.83. The number of carbonyl (C=O) groups is 2. The molecule has 7 nitrogen and oxygen atoms in total. The van der Waals surface area contributed by atoms with Crippen LogP contribution in [0, 0.1) is 0 Å². The molecule has 3 aromatic rings. The first-order chi connectivity index (χ1) is 15.8. The summed E-state index contributed by atoms with van der Waals surface area (Å²) in [4.78, 5) is 36.1. The van der Waals surface area contributed by atoms with Gasteiger partial charge in [-0.15, -0.1) is 0 Å². The highest BCUT2D eigenvalue weighted by atomic mass is 35.5. The molecule has 0 saturated carbocycles. The summed E-state index contributed by atoms with van der Waals surface area (Å²) in [6.45, 7) is 1.36. The number of carbonyl (C=O) groups excluding carboxylic acids is 2. The van der Waals surface area contributed by atoms with Gasteiger partial charge in [0.15, 0.2) is 0 Å². The molecular formula is C23H19ClF2N4O3. The van der Waals surface area contributed by atoms with E-state index in [1.165, 1.54) is 36.3 Å². The number of anilines is 2. The van der Waals surface area contributed by atoms with Crippen LogP contribution in [0.25, 0.3) is 11.1 Å². The molecule has 2 aromatic heterocycles. The zero-order valence-electron chi connectivity index (χ0n) is 17.7. The van der Waals surface area contributed by atoms with Gasteiger partial charge in [-0.2, -0.15) is 0 Å². The third kappa shape index (κ3) is 4.36. The van der Waals surface area contributed by atoms with E-state index in [2.05, 4.69) is 15.3 Å². The zero-order chi connectivity index (χ0) is 23.7. The van der Waals surface area contributed by atoms with Gasteiger partial charge in [0.25, 0.3) is 6.43 Å². The Morgan fingerprint density at radius 1 is 1.27 bits per heavy atom. The Kier molecular flexibility index (Phi) is 6.24. The van der Waals surface area contributed by atoms with Gasteiger partial charge >= 0.3 is 0 Å². The molecule has 10 heteroatoms. The number of aromatic nitrogens is 2. The molecule has 1 atom stereocenters. The molecule has 1 aromatic carbocycles. The first-order valence-corrected chi connectivity index (χ1v) is 10.4. The largest absolute Gasteiger partial charge is 0.481 e. The quantitative estimate of drug-likeness (QED) is 0.537. The van der Waals surface area contributed by atoms with E-state index < -0.39 is 18.3 Å². The highest BCUT2D eigenvalue weighted by Gasteiger charge is 2.35. The predicted molar refractivity (Wildman–Crippen MR) is 120 cm³/mol. The Morgan fingerprint density at radius 2 is 2.00 bits per heavy atom. The van der Waals surface area contributed by atoms with Crippen molar-refractivity contribution in [2.75, 3.05) is 23.9 Å². The molecule has 170 valence electrons. The summed E-state index contributed by atoms with van der Waals surface area (Å²) < 4.78 is 30.8. The van der Waals surface area contributed by atoms with Gasteiger partial charge in [0.05, 0.1) is 24.4 Å². The fourth-order valence-corrected chi connectivity index (χ4v) is 3.99. The summed E-state index contributed by atoms with van der Waals surface area (Å²) in [5.41, 5.74) is 2.15. The minimum absolute atomic E-state index is 0.105. The zero-order valence-corrected chi connectivity index (χ0v) is 18.4. The highest BCUT2D eigenvalue weighted by molar-refractivity contribution is 6.33. The molecular weight excluding hydrogens is 454 g/mol. The molecule has 3 heterocycles. The van der Waals surface area contributed by atoms with Crippen molar-refractivity contribution < 1.29 is 23.1 Å². The SMILES string of the molecule is COc1cc2c(c(Cl)n1)-c1cccnc1[C@@H](C)C(=O)N2CC(=O)Nc1ccc(C(F)F)cc1. The maximum atomic E-state index is 13.4. The number of rotatable bonds is 5. The Bertz CT molecular complexity index is 1220. The summed E-state index contributed by atoms with van der Waals surface area (Å²) in [5.74, 6) is -1.35. The topological polar surface area (TPSA) is 84.4 Å². The lowest BCUT2D eigenvalue weighted by Gasteiger charge is -2.24. The summed E-state index contributed by atoms with van der Waals surface area (Å²) in [5, 5.41) is 2.74. The van der Waals surface area contributed by atoms with Crippen LogP contribution < -0.4 is 15.0 Å². The molecule has 0 saturated heterocycles. The van der Waals surface area contributed by atoms with Gasteiger partial charge < -0.3 is 15.0 Å². The van der Waals surface area contributed by atoms with E-state index in [9.17, 15) is 18.4 Å². The maximum Gasteiger partial charge on any atom is 0.263 e. The molecule has 0 radical (unpaired) electrons. The van der Waals surface area contributed by atoms with Gasteiger partial charge in [-0.25, -0.2) is 13.8 Å².